The fourth-order valence-corrected chi connectivity index (χ4v) is 2.00. The van der Waals surface area contributed by atoms with Crippen molar-refractivity contribution in [1.82, 2.24) is 0 Å². The molecule has 7 nitrogen and oxygen atoms in total. The average molecular weight is 327 g/mol. The monoisotopic (exact) mass is 327 g/mol. The molecule has 0 fully saturated rings. The number of carboxylic acids is 1. The van der Waals surface area contributed by atoms with E-state index in [1.165, 1.54) is 37.3 Å². The number of ether oxygens (including phenoxy) is 1. The van der Waals surface area contributed by atoms with Gasteiger partial charge in [0.05, 0.1) is 10.5 Å². The van der Waals surface area contributed by atoms with Gasteiger partial charge in [-0.25, -0.2) is 4.79 Å². The molecule has 0 aliphatic heterocycles. The minimum Gasteiger partial charge on any atom is -0.478 e. The van der Waals surface area contributed by atoms with Gasteiger partial charge < -0.3 is 9.84 Å². The van der Waals surface area contributed by atoms with Crippen molar-refractivity contribution in [3.05, 3.63) is 69.8 Å². The van der Waals surface area contributed by atoms with E-state index in [4.69, 9.17) is 4.74 Å². The van der Waals surface area contributed by atoms with E-state index in [0.29, 0.717) is 16.9 Å². The van der Waals surface area contributed by atoms with Crippen LogP contribution in [0.2, 0.25) is 0 Å². The minimum atomic E-state index is -1.16. The number of rotatable bonds is 5. The molecule has 0 aromatic heterocycles. The van der Waals surface area contributed by atoms with E-state index < -0.39 is 16.9 Å². The van der Waals surface area contributed by atoms with Gasteiger partial charge in [-0.05, 0) is 41.5 Å². The van der Waals surface area contributed by atoms with E-state index in [1.54, 1.807) is 24.3 Å². The molecule has 2 aromatic carbocycles. The fraction of sp³-hybridized carbons (Fsp3) is 0.0588. The van der Waals surface area contributed by atoms with Gasteiger partial charge in [-0.15, -0.1) is 0 Å². The number of carbonyl (C=O) groups excluding carboxylic acids is 1. The summed E-state index contributed by atoms with van der Waals surface area (Å²) in [6.45, 7) is 1.28. The SMILES string of the molecule is CC(=O)Oc1ccc(C=C(C(=O)O)c2ccc([N+](=O)[O-])cc2)cc1. The molecule has 0 saturated carbocycles. The molecule has 0 heterocycles. The van der Waals surface area contributed by atoms with Crippen molar-refractivity contribution in [2.75, 3.05) is 0 Å². The standard InChI is InChI=1S/C17H13NO6/c1-11(19)24-15-8-2-12(3-9-15)10-16(17(20)21)13-4-6-14(7-5-13)18(22)23/h2-10H,1H3,(H,20,21). The summed E-state index contributed by atoms with van der Waals surface area (Å²) in [7, 11) is 0. The molecule has 0 aliphatic rings. The van der Waals surface area contributed by atoms with Crippen molar-refractivity contribution in [2.45, 2.75) is 6.92 Å². The molecular formula is C17H13NO6. The topological polar surface area (TPSA) is 107 Å². The normalized spacial score (nSPS) is 11.0. The Morgan fingerprint density at radius 3 is 2.12 bits per heavy atom. The van der Waals surface area contributed by atoms with E-state index in [1.807, 2.05) is 0 Å². The van der Waals surface area contributed by atoms with E-state index >= 15 is 0 Å². The van der Waals surface area contributed by atoms with E-state index in [-0.39, 0.29) is 11.3 Å². The number of carbonyl (C=O) groups is 2. The number of esters is 1. The molecule has 0 saturated heterocycles. The van der Waals surface area contributed by atoms with Crippen molar-refractivity contribution >= 4 is 29.3 Å². The van der Waals surface area contributed by atoms with Gasteiger partial charge in [0, 0.05) is 19.1 Å². The summed E-state index contributed by atoms with van der Waals surface area (Å²) >= 11 is 0. The van der Waals surface area contributed by atoms with Crippen LogP contribution in [0, 0.1) is 10.1 Å². The molecule has 0 bridgehead atoms. The Labute approximate surface area is 137 Å². The molecule has 0 unspecified atom stereocenters. The predicted molar refractivity (Wildman–Crippen MR) is 86.4 cm³/mol. The second kappa shape index (κ2) is 7.19. The van der Waals surface area contributed by atoms with Gasteiger partial charge in [-0.1, -0.05) is 12.1 Å². The van der Waals surface area contributed by atoms with Crippen molar-refractivity contribution in [3.8, 4) is 5.75 Å². The van der Waals surface area contributed by atoms with Crippen LogP contribution in [0.4, 0.5) is 5.69 Å². The molecule has 0 spiro atoms. The van der Waals surface area contributed by atoms with Gasteiger partial charge in [0.15, 0.2) is 0 Å². The predicted octanol–water partition coefficient (Wildman–Crippen LogP) is 3.15. The van der Waals surface area contributed by atoms with Crippen molar-refractivity contribution < 1.29 is 24.4 Å². The largest absolute Gasteiger partial charge is 0.478 e. The lowest BCUT2D eigenvalue weighted by atomic mass is 10.0. The summed E-state index contributed by atoms with van der Waals surface area (Å²) in [4.78, 5) is 32.4. The highest BCUT2D eigenvalue weighted by Gasteiger charge is 2.13. The minimum absolute atomic E-state index is 0.00913. The lowest BCUT2D eigenvalue weighted by Crippen LogP contribution is -2.01. The first kappa shape index (κ1) is 16.9. The molecule has 0 atom stereocenters. The summed E-state index contributed by atoms with van der Waals surface area (Å²) in [5, 5.41) is 20.0. The van der Waals surface area contributed by atoms with E-state index in [0.717, 1.165) is 0 Å². The molecule has 1 N–H and O–H groups in total. The molecule has 0 aliphatic carbocycles. The van der Waals surface area contributed by atoms with Crippen LogP contribution in [0.25, 0.3) is 11.6 Å². The fourth-order valence-electron chi connectivity index (χ4n) is 2.00. The van der Waals surface area contributed by atoms with E-state index in [9.17, 15) is 24.8 Å². The van der Waals surface area contributed by atoms with Gasteiger partial charge >= 0.3 is 11.9 Å². The number of nitro groups is 1. The Bertz CT molecular complexity index is 806. The number of benzene rings is 2. The summed E-state index contributed by atoms with van der Waals surface area (Å²) in [6, 6.07) is 11.5. The first-order valence-electron chi connectivity index (χ1n) is 6.85. The highest BCUT2D eigenvalue weighted by atomic mass is 16.6. The molecule has 2 rings (SSSR count). The first-order chi connectivity index (χ1) is 11.4. The summed E-state index contributed by atoms with van der Waals surface area (Å²) < 4.78 is 4.90. The van der Waals surface area contributed by atoms with Gasteiger partial charge in [0.1, 0.15) is 5.75 Å². The third-order valence-corrected chi connectivity index (χ3v) is 3.07. The van der Waals surface area contributed by atoms with Crippen LogP contribution in [-0.2, 0) is 9.59 Å². The Balaban J connectivity index is 2.32. The summed E-state index contributed by atoms with van der Waals surface area (Å²) in [6.07, 6.45) is 1.43. The third-order valence-electron chi connectivity index (χ3n) is 3.07. The van der Waals surface area contributed by atoms with Crippen molar-refractivity contribution in [1.29, 1.82) is 0 Å². The summed E-state index contributed by atoms with van der Waals surface area (Å²) in [5.74, 6) is -1.25. The Kier molecular flexibility index (Phi) is 5.06. The lowest BCUT2D eigenvalue weighted by Gasteiger charge is -2.04. The van der Waals surface area contributed by atoms with Crippen LogP contribution < -0.4 is 4.74 Å². The Morgan fingerprint density at radius 1 is 1.08 bits per heavy atom. The zero-order chi connectivity index (χ0) is 17.7. The lowest BCUT2D eigenvalue weighted by molar-refractivity contribution is -0.384. The maximum atomic E-state index is 11.5. The van der Waals surface area contributed by atoms with Crippen LogP contribution in [0.3, 0.4) is 0 Å². The van der Waals surface area contributed by atoms with Crippen LogP contribution in [0.15, 0.2) is 48.5 Å². The molecule has 0 radical (unpaired) electrons. The van der Waals surface area contributed by atoms with E-state index in [2.05, 4.69) is 0 Å². The van der Waals surface area contributed by atoms with Gasteiger partial charge in [0.2, 0.25) is 0 Å². The van der Waals surface area contributed by atoms with Crippen LogP contribution >= 0.6 is 0 Å². The number of hydrogen-bond acceptors (Lipinski definition) is 5. The average Bonchev–Trinajstić information content (AvgIpc) is 2.53. The Hall–Kier alpha value is -3.48. The van der Waals surface area contributed by atoms with Crippen molar-refractivity contribution in [3.63, 3.8) is 0 Å². The van der Waals surface area contributed by atoms with Crippen LogP contribution in [0.1, 0.15) is 18.1 Å². The zero-order valence-corrected chi connectivity index (χ0v) is 12.6. The maximum Gasteiger partial charge on any atom is 0.336 e. The Morgan fingerprint density at radius 2 is 1.67 bits per heavy atom. The number of non-ortho nitro benzene ring substituents is 1. The second-order valence-corrected chi connectivity index (χ2v) is 4.83. The highest BCUT2D eigenvalue weighted by Crippen LogP contribution is 2.22. The van der Waals surface area contributed by atoms with Gasteiger partial charge in [-0.2, -0.15) is 0 Å². The summed E-state index contributed by atoms with van der Waals surface area (Å²) in [5.41, 5.74) is 0.804. The number of nitrogens with zero attached hydrogens (tertiary/aromatic N) is 1. The van der Waals surface area contributed by atoms with Gasteiger partial charge in [-0.3, -0.25) is 14.9 Å². The number of hydrogen-bond donors (Lipinski definition) is 1. The quantitative estimate of drug-likeness (QED) is 0.226. The van der Waals surface area contributed by atoms with Crippen LogP contribution in [-0.4, -0.2) is 22.0 Å². The highest BCUT2D eigenvalue weighted by molar-refractivity contribution is 6.20. The molecular weight excluding hydrogens is 314 g/mol. The molecule has 122 valence electrons. The van der Waals surface area contributed by atoms with Crippen molar-refractivity contribution in [2.24, 2.45) is 0 Å². The third kappa shape index (κ3) is 4.26. The number of nitro benzene ring substituents is 1. The maximum absolute atomic E-state index is 11.5. The van der Waals surface area contributed by atoms with Crippen LogP contribution in [0.5, 0.6) is 5.75 Å². The van der Waals surface area contributed by atoms with Gasteiger partial charge in [0.25, 0.3) is 5.69 Å². The molecule has 24 heavy (non-hydrogen) atoms. The number of aliphatic carboxylic acids is 1. The zero-order valence-electron chi connectivity index (χ0n) is 12.6. The number of carboxylic acid groups (broad SMARTS) is 1. The molecule has 0 amide bonds. The smallest absolute Gasteiger partial charge is 0.336 e. The molecule has 2 aromatic rings. The second-order valence-electron chi connectivity index (χ2n) is 4.83. The first-order valence-corrected chi connectivity index (χ1v) is 6.85. The molecule has 7 heteroatoms.